The van der Waals surface area contributed by atoms with Crippen molar-refractivity contribution in [3.63, 3.8) is 0 Å². The number of thioether (sulfide) groups is 1. The molecule has 1 aliphatic carbocycles. The van der Waals surface area contributed by atoms with E-state index in [1.54, 1.807) is 6.07 Å². The fraction of sp³-hybridized carbons (Fsp3) is 0.333. The van der Waals surface area contributed by atoms with Gasteiger partial charge in [-0.15, -0.1) is 0 Å². The molecular formula is C21H25NOS. The Morgan fingerprint density at radius 3 is 2.71 bits per heavy atom. The molecule has 1 aliphatic rings. The van der Waals surface area contributed by atoms with E-state index in [0.717, 1.165) is 12.2 Å². The van der Waals surface area contributed by atoms with E-state index in [9.17, 15) is 5.11 Å². The number of hydrogen-bond acceptors (Lipinski definition) is 3. The summed E-state index contributed by atoms with van der Waals surface area (Å²) in [4.78, 5) is 0. The summed E-state index contributed by atoms with van der Waals surface area (Å²) in [5.41, 5.74) is 10.2. The van der Waals surface area contributed by atoms with Crippen LogP contribution >= 0.6 is 11.8 Å². The van der Waals surface area contributed by atoms with Gasteiger partial charge in [0.25, 0.3) is 0 Å². The summed E-state index contributed by atoms with van der Waals surface area (Å²) in [5, 5.41) is 10.2. The lowest BCUT2D eigenvalue weighted by Crippen LogP contribution is -2.52. The van der Waals surface area contributed by atoms with Crippen molar-refractivity contribution < 1.29 is 5.11 Å². The van der Waals surface area contributed by atoms with Crippen LogP contribution in [0.2, 0.25) is 0 Å². The van der Waals surface area contributed by atoms with Crippen molar-refractivity contribution in [2.24, 2.45) is 5.73 Å². The zero-order valence-corrected chi connectivity index (χ0v) is 15.1. The lowest BCUT2D eigenvalue weighted by Gasteiger charge is -2.43. The second-order valence-electron chi connectivity index (χ2n) is 6.98. The highest BCUT2D eigenvalue weighted by molar-refractivity contribution is 8.00. The number of phenols is 1. The topological polar surface area (TPSA) is 46.2 Å². The van der Waals surface area contributed by atoms with Crippen molar-refractivity contribution in [2.45, 2.75) is 37.0 Å². The summed E-state index contributed by atoms with van der Waals surface area (Å²) in [6.45, 7) is 4.37. The van der Waals surface area contributed by atoms with Crippen LogP contribution in [0.4, 0.5) is 0 Å². The van der Waals surface area contributed by atoms with Gasteiger partial charge in [0.1, 0.15) is 5.75 Å². The zero-order chi connectivity index (χ0) is 17.2. The second-order valence-corrected chi connectivity index (χ2v) is 8.25. The Morgan fingerprint density at radius 2 is 1.96 bits per heavy atom. The van der Waals surface area contributed by atoms with Crippen LogP contribution in [0.15, 0.2) is 54.6 Å². The van der Waals surface area contributed by atoms with Gasteiger partial charge in [-0.2, -0.15) is 11.8 Å². The molecule has 2 atom stereocenters. The van der Waals surface area contributed by atoms with Crippen LogP contribution in [-0.4, -0.2) is 22.2 Å². The van der Waals surface area contributed by atoms with Gasteiger partial charge in [-0.25, -0.2) is 0 Å². The Bertz CT molecular complexity index is 724. The van der Waals surface area contributed by atoms with Gasteiger partial charge >= 0.3 is 0 Å². The maximum Gasteiger partial charge on any atom is 0.115 e. The zero-order valence-electron chi connectivity index (χ0n) is 14.3. The molecule has 24 heavy (non-hydrogen) atoms. The van der Waals surface area contributed by atoms with Gasteiger partial charge < -0.3 is 10.8 Å². The largest absolute Gasteiger partial charge is 0.508 e. The van der Waals surface area contributed by atoms with Crippen LogP contribution < -0.4 is 5.73 Å². The summed E-state index contributed by atoms with van der Waals surface area (Å²) in [6.07, 6.45) is 5.34. The number of benzene rings is 2. The summed E-state index contributed by atoms with van der Waals surface area (Å²) in [7, 11) is 0. The minimum atomic E-state index is -0.132. The first-order valence-electron chi connectivity index (χ1n) is 8.39. The minimum Gasteiger partial charge on any atom is -0.508 e. The van der Waals surface area contributed by atoms with E-state index >= 15 is 0 Å². The number of nitrogens with two attached hydrogens (primary N) is 1. The molecular weight excluding hydrogens is 314 g/mol. The van der Waals surface area contributed by atoms with Crippen LogP contribution in [0.3, 0.4) is 0 Å². The average Bonchev–Trinajstić information content (AvgIpc) is 2.58. The lowest BCUT2D eigenvalue weighted by atomic mass is 9.69. The molecule has 2 nitrogen and oxygen atoms in total. The van der Waals surface area contributed by atoms with Gasteiger partial charge in [0, 0.05) is 22.5 Å². The van der Waals surface area contributed by atoms with E-state index in [4.69, 9.17) is 5.73 Å². The molecule has 2 aromatic carbocycles. The Hall–Kier alpha value is -1.71. The van der Waals surface area contributed by atoms with Crippen LogP contribution in [0.1, 0.15) is 30.5 Å². The van der Waals surface area contributed by atoms with Gasteiger partial charge in [-0.05, 0) is 35.2 Å². The first-order valence-corrected chi connectivity index (χ1v) is 9.44. The maximum atomic E-state index is 9.80. The Balaban J connectivity index is 1.69. The highest BCUT2D eigenvalue weighted by Crippen LogP contribution is 2.41. The molecule has 3 rings (SSSR count). The summed E-state index contributed by atoms with van der Waals surface area (Å²) in [5.74, 6) is 1.28. The molecule has 0 bridgehead atoms. The molecule has 0 fully saturated rings. The van der Waals surface area contributed by atoms with E-state index in [1.807, 2.05) is 30.0 Å². The standard InChI is InChI=1S/C21H25NOS/c1-21(2)18-14-17(23)11-10-16(18)13-19(20(21)22)24-12-6-9-15-7-4-3-5-8-15/h3-11,14,19-20,23H,12-13,22H2,1-2H3/b9-6+/t19-,20+/m0/s1. The van der Waals surface area contributed by atoms with Crippen LogP contribution in [-0.2, 0) is 11.8 Å². The van der Waals surface area contributed by atoms with Gasteiger partial charge in [0.2, 0.25) is 0 Å². The van der Waals surface area contributed by atoms with Crippen LogP contribution in [0, 0.1) is 0 Å². The quantitative estimate of drug-likeness (QED) is 0.869. The minimum absolute atomic E-state index is 0.0712. The Morgan fingerprint density at radius 1 is 1.21 bits per heavy atom. The van der Waals surface area contributed by atoms with Crippen molar-refractivity contribution in [1.82, 2.24) is 0 Å². The first-order chi connectivity index (χ1) is 11.5. The van der Waals surface area contributed by atoms with Crippen LogP contribution in [0.25, 0.3) is 6.08 Å². The van der Waals surface area contributed by atoms with E-state index in [0.29, 0.717) is 11.0 Å². The van der Waals surface area contributed by atoms with Crippen molar-refractivity contribution in [3.05, 3.63) is 71.3 Å². The van der Waals surface area contributed by atoms with E-state index in [1.165, 1.54) is 16.7 Å². The fourth-order valence-corrected chi connectivity index (χ4v) is 4.72. The Labute approximate surface area is 148 Å². The molecule has 3 heteroatoms. The molecule has 0 aliphatic heterocycles. The van der Waals surface area contributed by atoms with E-state index in [-0.39, 0.29) is 11.5 Å². The molecule has 0 radical (unpaired) electrons. The summed E-state index contributed by atoms with van der Waals surface area (Å²) < 4.78 is 0. The van der Waals surface area contributed by atoms with Gasteiger partial charge in [0.05, 0.1) is 0 Å². The molecule has 0 aromatic heterocycles. The second kappa shape index (κ2) is 7.04. The van der Waals surface area contributed by atoms with Crippen molar-refractivity contribution in [2.75, 3.05) is 5.75 Å². The molecule has 0 unspecified atom stereocenters. The van der Waals surface area contributed by atoms with Gasteiger partial charge in [-0.3, -0.25) is 0 Å². The number of hydrogen-bond donors (Lipinski definition) is 2. The van der Waals surface area contributed by atoms with Crippen molar-refractivity contribution >= 4 is 17.8 Å². The molecule has 0 spiro atoms. The third kappa shape index (κ3) is 3.52. The first kappa shape index (κ1) is 17.1. The van der Waals surface area contributed by atoms with Gasteiger partial charge in [-0.1, -0.05) is 62.4 Å². The average molecular weight is 340 g/mol. The number of rotatable bonds is 4. The molecule has 0 saturated heterocycles. The van der Waals surface area contributed by atoms with E-state index in [2.05, 4.69) is 50.3 Å². The highest BCUT2D eigenvalue weighted by Gasteiger charge is 2.40. The van der Waals surface area contributed by atoms with Crippen LogP contribution in [0.5, 0.6) is 5.75 Å². The third-order valence-electron chi connectivity index (χ3n) is 4.96. The number of fused-ring (bicyclic) bond motifs is 1. The molecule has 0 saturated carbocycles. The normalized spacial score (nSPS) is 22.5. The SMILES string of the molecule is CC1(C)c2cc(O)ccc2C[C@H](SC/C=C/c2ccccc2)[C@H]1N. The predicted octanol–water partition coefficient (Wildman–Crippen LogP) is 4.37. The highest BCUT2D eigenvalue weighted by atomic mass is 32.2. The summed E-state index contributed by atoms with van der Waals surface area (Å²) >= 11 is 1.92. The lowest BCUT2D eigenvalue weighted by molar-refractivity contribution is 0.369. The van der Waals surface area contributed by atoms with E-state index < -0.39 is 0 Å². The predicted molar refractivity (Wildman–Crippen MR) is 105 cm³/mol. The molecule has 3 N–H and O–H groups in total. The fourth-order valence-electron chi connectivity index (χ4n) is 3.42. The monoisotopic (exact) mass is 339 g/mol. The summed E-state index contributed by atoms with van der Waals surface area (Å²) in [6, 6.07) is 16.1. The number of phenolic OH excluding ortho intramolecular Hbond substituents is 1. The third-order valence-corrected chi connectivity index (χ3v) is 6.23. The van der Waals surface area contributed by atoms with Crippen molar-refractivity contribution in [3.8, 4) is 5.75 Å². The number of aromatic hydroxyl groups is 1. The molecule has 0 amide bonds. The molecule has 2 aromatic rings. The molecule has 126 valence electrons. The van der Waals surface area contributed by atoms with Gasteiger partial charge in [0.15, 0.2) is 0 Å². The van der Waals surface area contributed by atoms with Crippen molar-refractivity contribution in [1.29, 1.82) is 0 Å². The smallest absolute Gasteiger partial charge is 0.115 e. The molecule has 0 heterocycles. The maximum absolute atomic E-state index is 9.80. The Kier molecular flexibility index (Phi) is 5.02.